The Labute approximate surface area is 119 Å². The van der Waals surface area contributed by atoms with E-state index in [4.69, 9.17) is 16.3 Å². The summed E-state index contributed by atoms with van der Waals surface area (Å²) in [6.45, 7) is 1.93. The van der Waals surface area contributed by atoms with Crippen LogP contribution in [0.4, 0.5) is 4.39 Å². The summed E-state index contributed by atoms with van der Waals surface area (Å²) in [6.07, 6.45) is 0. The summed E-state index contributed by atoms with van der Waals surface area (Å²) in [7, 11) is 0. The highest BCUT2D eigenvalue weighted by atomic mass is 79.9. The van der Waals surface area contributed by atoms with E-state index in [2.05, 4.69) is 15.9 Å². The van der Waals surface area contributed by atoms with Crippen molar-refractivity contribution in [2.24, 2.45) is 0 Å². The molecule has 94 valence electrons. The average Bonchev–Trinajstić information content (AvgIpc) is 2.36. The van der Waals surface area contributed by atoms with E-state index < -0.39 is 0 Å². The maximum Gasteiger partial charge on any atom is 0.144 e. The van der Waals surface area contributed by atoms with Crippen LogP contribution in [-0.4, -0.2) is 0 Å². The third-order valence-electron chi connectivity index (χ3n) is 2.52. The number of rotatable bonds is 3. The van der Waals surface area contributed by atoms with Crippen LogP contribution in [0.2, 0.25) is 0 Å². The molecule has 0 aliphatic rings. The minimum absolute atomic E-state index is 0.334. The molecule has 0 heterocycles. The van der Waals surface area contributed by atoms with Gasteiger partial charge in [0.2, 0.25) is 0 Å². The van der Waals surface area contributed by atoms with Crippen LogP contribution in [0, 0.1) is 12.7 Å². The lowest BCUT2D eigenvalue weighted by Gasteiger charge is -2.11. The summed E-state index contributed by atoms with van der Waals surface area (Å²) in [5.41, 5.74) is 1.94. The third kappa shape index (κ3) is 3.03. The molecule has 0 N–H and O–H groups in total. The zero-order chi connectivity index (χ0) is 13.1. The van der Waals surface area contributed by atoms with Crippen LogP contribution in [0.25, 0.3) is 0 Å². The molecule has 2 rings (SSSR count). The van der Waals surface area contributed by atoms with Gasteiger partial charge in [0, 0.05) is 11.9 Å². The van der Waals surface area contributed by atoms with E-state index in [1.54, 1.807) is 6.07 Å². The van der Waals surface area contributed by atoms with Crippen LogP contribution in [-0.2, 0) is 5.88 Å². The number of ether oxygens (including phenoxy) is 1. The first kappa shape index (κ1) is 13.4. The zero-order valence-corrected chi connectivity index (χ0v) is 12.1. The summed E-state index contributed by atoms with van der Waals surface area (Å²) in [6, 6.07) is 10.1. The van der Waals surface area contributed by atoms with Gasteiger partial charge in [0.1, 0.15) is 17.3 Å². The molecule has 0 unspecified atom stereocenters. The van der Waals surface area contributed by atoms with Crippen molar-refractivity contribution in [3.63, 3.8) is 0 Å². The third-order valence-corrected chi connectivity index (χ3v) is 3.48. The molecule has 0 aliphatic carbocycles. The number of hydrogen-bond donors (Lipinski definition) is 0. The molecule has 0 atom stereocenters. The fraction of sp³-hybridized carbons (Fsp3) is 0.143. The standard InChI is InChI=1S/C14H11BrClFO/c1-9-2-3-10(8-16)6-13(9)18-14-7-11(17)4-5-12(14)15/h2-7H,8H2,1H3. The second kappa shape index (κ2) is 5.72. The molecule has 2 aromatic rings. The van der Waals surface area contributed by atoms with Gasteiger partial charge in [-0.1, -0.05) is 12.1 Å². The van der Waals surface area contributed by atoms with Crippen LogP contribution >= 0.6 is 27.5 Å². The molecule has 4 heteroatoms. The van der Waals surface area contributed by atoms with Crippen molar-refractivity contribution in [3.05, 3.63) is 57.8 Å². The number of aryl methyl sites for hydroxylation is 1. The van der Waals surface area contributed by atoms with Gasteiger partial charge in [-0.05, 0) is 52.2 Å². The van der Waals surface area contributed by atoms with Crippen molar-refractivity contribution in [1.29, 1.82) is 0 Å². The maximum absolute atomic E-state index is 13.2. The first-order valence-electron chi connectivity index (χ1n) is 5.38. The van der Waals surface area contributed by atoms with Crippen LogP contribution in [0.3, 0.4) is 0 Å². The Morgan fingerprint density at radius 2 is 1.94 bits per heavy atom. The highest BCUT2D eigenvalue weighted by Gasteiger charge is 2.07. The zero-order valence-electron chi connectivity index (χ0n) is 9.71. The topological polar surface area (TPSA) is 9.23 Å². The van der Waals surface area contributed by atoms with Gasteiger partial charge in [-0.15, -0.1) is 11.6 Å². The van der Waals surface area contributed by atoms with Crippen LogP contribution in [0.15, 0.2) is 40.9 Å². The van der Waals surface area contributed by atoms with Gasteiger partial charge in [-0.3, -0.25) is 0 Å². The van der Waals surface area contributed by atoms with Gasteiger partial charge in [0.15, 0.2) is 0 Å². The van der Waals surface area contributed by atoms with Crippen LogP contribution < -0.4 is 4.74 Å². The molecule has 0 bridgehead atoms. The van der Waals surface area contributed by atoms with Gasteiger partial charge < -0.3 is 4.74 Å². The summed E-state index contributed by atoms with van der Waals surface area (Å²) in [5.74, 6) is 1.21. The lowest BCUT2D eigenvalue weighted by atomic mass is 10.1. The minimum atomic E-state index is -0.334. The first-order valence-corrected chi connectivity index (χ1v) is 6.71. The second-order valence-electron chi connectivity index (χ2n) is 3.91. The Balaban J connectivity index is 2.36. The van der Waals surface area contributed by atoms with E-state index in [0.29, 0.717) is 21.9 Å². The van der Waals surface area contributed by atoms with Gasteiger partial charge in [0.05, 0.1) is 4.47 Å². The Hall–Kier alpha value is -1.06. The van der Waals surface area contributed by atoms with E-state index in [-0.39, 0.29) is 5.82 Å². The van der Waals surface area contributed by atoms with E-state index in [0.717, 1.165) is 11.1 Å². The fourth-order valence-corrected chi connectivity index (χ4v) is 2.01. The molecule has 0 radical (unpaired) electrons. The summed E-state index contributed by atoms with van der Waals surface area (Å²) >= 11 is 9.12. The molecular weight excluding hydrogens is 319 g/mol. The average molecular weight is 330 g/mol. The Morgan fingerprint density at radius 3 is 2.67 bits per heavy atom. The fourth-order valence-electron chi connectivity index (χ4n) is 1.51. The SMILES string of the molecule is Cc1ccc(CCl)cc1Oc1cc(F)ccc1Br. The Morgan fingerprint density at radius 1 is 1.17 bits per heavy atom. The molecule has 2 aromatic carbocycles. The lowest BCUT2D eigenvalue weighted by Crippen LogP contribution is -1.91. The van der Waals surface area contributed by atoms with Crippen LogP contribution in [0.1, 0.15) is 11.1 Å². The highest BCUT2D eigenvalue weighted by molar-refractivity contribution is 9.10. The first-order chi connectivity index (χ1) is 8.60. The minimum Gasteiger partial charge on any atom is -0.456 e. The highest BCUT2D eigenvalue weighted by Crippen LogP contribution is 2.32. The number of benzene rings is 2. The van der Waals surface area contributed by atoms with Gasteiger partial charge in [0.25, 0.3) is 0 Å². The van der Waals surface area contributed by atoms with Gasteiger partial charge >= 0.3 is 0 Å². The summed E-state index contributed by atoms with van der Waals surface area (Å²) < 4.78 is 19.6. The van der Waals surface area contributed by atoms with Crippen molar-refractivity contribution in [3.8, 4) is 11.5 Å². The monoisotopic (exact) mass is 328 g/mol. The van der Waals surface area contributed by atoms with Crippen molar-refractivity contribution >= 4 is 27.5 Å². The summed E-state index contributed by atoms with van der Waals surface area (Å²) in [4.78, 5) is 0. The van der Waals surface area contributed by atoms with E-state index in [1.807, 2.05) is 25.1 Å². The predicted octanol–water partition coefficient (Wildman–Crippen LogP) is 5.43. The normalized spacial score (nSPS) is 10.4. The molecule has 0 aliphatic heterocycles. The van der Waals surface area contributed by atoms with Gasteiger partial charge in [-0.2, -0.15) is 0 Å². The quantitative estimate of drug-likeness (QED) is 0.682. The Bertz CT molecular complexity index is 572. The smallest absolute Gasteiger partial charge is 0.144 e. The molecule has 0 fully saturated rings. The number of halogens is 3. The Kier molecular flexibility index (Phi) is 4.25. The maximum atomic E-state index is 13.2. The van der Waals surface area contributed by atoms with Gasteiger partial charge in [-0.25, -0.2) is 4.39 Å². The van der Waals surface area contributed by atoms with Crippen molar-refractivity contribution < 1.29 is 9.13 Å². The predicted molar refractivity (Wildman–Crippen MR) is 74.9 cm³/mol. The molecule has 1 nitrogen and oxygen atoms in total. The molecule has 18 heavy (non-hydrogen) atoms. The van der Waals surface area contributed by atoms with Crippen LogP contribution in [0.5, 0.6) is 11.5 Å². The number of alkyl halides is 1. The largest absolute Gasteiger partial charge is 0.456 e. The molecule has 0 amide bonds. The molecular formula is C14H11BrClFO. The molecule has 0 spiro atoms. The van der Waals surface area contributed by atoms with E-state index in [9.17, 15) is 4.39 Å². The number of hydrogen-bond acceptors (Lipinski definition) is 1. The molecule has 0 aromatic heterocycles. The van der Waals surface area contributed by atoms with E-state index in [1.165, 1.54) is 12.1 Å². The summed E-state index contributed by atoms with van der Waals surface area (Å²) in [5, 5.41) is 0. The van der Waals surface area contributed by atoms with Crippen molar-refractivity contribution in [2.45, 2.75) is 12.8 Å². The van der Waals surface area contributed by atoms with E-state index >= 15 is 0 Å². The second-order valence-corrected chi connectivity index (χ2v) is 5.03. The molecule has 0 saturated heterocycles. The van der Waals surface area contributed by atoms with Crippen molar-refractivity contribution in [1.82, 2.24) is 0 Å². The molecule has 0 saturated carbocycles. The lowest BCUT2D eigenvalue weighted by molar-refractivity contribution is 0.469. The van der Waals surface area contributed by atoms with Crippen molar-refractivity contribution in [2.75, 3.05) is 0 Å².